The van der Waals surface area contributed by atoms with Gasteiger partial charge in [0, 0.05) is 49.4 Å². The first kappa shape index (κ1) is 23.8. The Morgan fingerprint density at radius 2 is 1.71 bits per heavy atom. The van der Waals surface area contributed by atoms with Crippen LogP contribution in [0.5, 0.6) is 0 Å². The van der Waals surface area contributed by atoms with E-state index in [1.54, 1.807) is 0 Å². The molecule has 178 valence electrons. The maximum atomic E-state index is 13.6. The summed E-state index contributed by atoms with van der Waals surface area (Å²) < 4.78 is 5.66. The van der Waals surface area contributed by atoms with Crippen LogP contribution in [-0.2, 0) is 14.3 Å². The number of nitrogens with one attached hydrogen (secondary N) is 1. The molecule has 0 bridgehead atoms. The number of ketones is 1. The number of hydrogen-bond acceptors (Lipinski definition) is 5. The highest BCUT2D eigenvalue weighted by Crippen LogP contribution is 2.46. The van der Waals surface area contributed by atoms with E-state index in [4.69, 9.17) is 4.74 Å². The molecule has 34 heavy (non-hydrogen) atoms. The number of fused-ring (bicyclic) bond motifs is 1. The minimum Gasteiger partial charge on any atom is -0.462 e. The van der Waals surface area contributed by atoms with E-state index in [2.05, 4.69) is 23.5 Å². The highest BCUT2D eigenvalue weighted by molar-refractivity contribution is 5.96. The predicted octanol–water partition coefficient (Wildman–Crippen LogP) is 5.17. The van der Waals surface area contributed by atoms with Crippen LogP contribution >= 0.6 is 0 Å². The second-order valence-electron chi connectivity index (χ2n) is 9.91. The Hall–Kier alpha value is -3.34. The number of esters is 1. The summed E-state index contributed by atoms with van der Waals surface area (Å²) in [4.78, 5) is 29.0. The summed E-state index contributed by atoms with van der Waals surface area (Å²) in [7, 11) is 3.99. The van der Waals surface area contributed by atoms with Gasteiger partial charge >= 0.3 is 5.97 Å². The molecule has 2 aliphatic rings. The van der Waals surface area contributed by atoms with Gasteiger partial charge in [0.05, 0.1) is 18.1 Å². The van der Waals surface area contributed by atoms with E-state index in [0.717, 1.165) is 28.2 Å². The number of hydrogen-bond donors (Lipinski definition) is 1. The zero-order valence-corrected chi connectivity index (χ0v) is 20.7. The molecular formula is C29H34N2O3. The van der Waals surface area contributed by atoms with E-state index in [9.17, 15) is 9.59 Å². The van der Waals surface area contributed by atoms with Gasteiger partial charge in [0.2, 0.25) is 0 Å². The van der Waals surface area contributed by atoms with Crippen molar-refractivity contribution in [1.29, 1.82) is 0 Å². The molecule has 0 radical (unpaired) electrons. The number of allylic oxidation sites excluding steroid dienone is 3. The minimum atomic E-state index is -0.435. The molecule has 1 aliphatic heterocycles. The van der Waals surface area contributed by atoms with Gasteiger partial charge in [-0.2, -0.15) is 0 Å². The Balaban J connectivity index is 1.78. The smallest absolute Gasteiger partial charge is 0.336 e. The Morgan fingerprint density at radius 1 is 1.03 bits per heavy atom. The van der Waals surface area contributed by atoms with Crippen molar-refractivity contribution < 1.29 is 14.3 Å². The van der Waals surface area contributed by atoms with Crippen LogP contribution in [0.15, 0.2) is 77.6 Å². The molecule has 1 N–H and O–H groups in total. The molecule has 3 atom stereocenters. The van der Waals surface area contributed by atoms with Gasteiger partial charge in [-0.05, 0) is 36.1 Å². The summed E-state index contributed by atoms with van der Waals surface area (Å²) in [5.41, 5.74) is 5.32. The number of ether oxygens (including phenoxy) is 1. The lowest BCUT2D eigenvalue weighted by Crippen LogP contribution is -2.42. The van der Waals surface area contributed by atoms with Crippen molar-refractivity contribution in [2.45, 2.75) is 39.0 Å². The molecule has 0 saturated carbocycles. The monoisotopic (exact) mass is 458 g/mol. The van der Waals surface area contributed by atoms with Crippen molar-refractivity contribution in [2.24, 2.45) is 11.8 Å². The second kappa shape index (κ2) is 9.88. The van der Waals surface area contributed by atoms with Gasteiger partial charge in [-0.15, -0.1) is 0 Å². The lowest BCUT2D eigenvalue weighted by Gasteiger charge is -2.39. The highest BCUT2D eigenvalue weighted by atomic mass is 16.5. The number of benzene rings is 2. The third-order valence-corrected chi connectivity index (χ3v) is 6.63. The SMILES string of the molecule is CC1=C(C(=O)OCC(C)C)C(c2ccc(N(C)C)cc2)C2C(=O)CC(c3ccccc3)C=C2N1. The van der Waals surface area contributed by atoms with Crippen LogP contribution in [0, 0.1) is 11.8 Å². The molecule has 5 nitrogen and oxygen atoms in total. The van der Waals surface area contributed by atoms with Crippen molar-refractivity contribution in [3.05, 3.63) is 88.8 Å². The number of carbonyl (C=O) groups is 2. The fraction of sp³-hybridized carbons (Fsp3) is 0.379. The van der Waals surface area contributed by atoms with Crippen LogP contribution in [0.3, 0.4) is 0 Å². The minimum absolute atomic E-state index is 0.0199. The van der Waals surface area contributed by atoms with Crippen molar-refractivity contribution in [1.82, 2.24) is 5.32 Å². The van der Waals surface area contributed by atoms with Gasteiger partial charge in [0.25, 0.3) is 0 Å². The van der Waals surface area contributed by atoms with Crippen LogP contribution in [0.2, 0.25) is 0 Å². The van der Waals surface area contributed by atoms with Gasteiger partial charge in [-0.3, -0.25) is 4.79 Å². The van der Waals surface area contributed by atoms with Gasteiger partial charge in [-0.25, -0.2) is 4.79 Å². The number of Topliss-reactive ketones (excluding diaryl/α,β-unsaturated/α-hetero) is 1. The molecule has 0 aromatic heterocycles. The zero-order chi connectivity index (χ0) is 24.4. The van der Waals surface area contributed by atoms with Crippen LogP contribution in [0.25, 0.3) is 0 Å². The van der Waals surface area contributed by atoms with Crippen LogP contribution in [-0.4, -0.2) is 32.5 Å². The summed E-state index contributed by atoms with van der Waals surface area (Å²) in [5, 5.41) is 3.41. The van der Waals surface area contributed by atoms with Crippen molar-refractivity contribution >= 4 is 17.4 Å². The fourth-order valence-electron chi connectivity index (χ4n) is 4.92. The summed E-state index contributed by atoms with van der Waals surface area (Å²) in [6.45, 7) is 6.28. The first-order valence-corrected chi connectivity index (χ1v) is 12.0. The molecule has 1 aliphatic carbocycles. The van der Waals surface area contributed by atoms with E-state index in [-0.39, 0.29) is 29.5 Å². The summed E-state index contributed by atoms with van der Waals surface area (Å²) in [6, 6.07) is 18.2. The average Bonchev–Trinajstić information content (AvgIpc) is 2.82. The molecule has 0 fully saturated rings. The molecule has 5 heteroatoms. The Morgan fingerprint density at radius 3 is 2.32 bits per heavy atom. The molecule has 2 aromatic rings. The molecular weight excluding hydrogens is 424 g/mol. The van der Waals surface area contributed by atoms with Crippen molar-refractivity contribution in [3.63, 3.8) is 0 Å². The molecule has 0 spiro atoms. The van der Waals surface area contributed by atoms with E-state index in [1.165, 1.54) is 0 Å². The maximum Gasteiger partial charge on any atom is 0.336 e. The fourth-order valence-corrected chi connectivity index (χ4v) is 4.92. The van der Waals surface area contributed by atoms with Crippen LogP contribution in [0.4, 0.5) is 5.69 Å². The molecule has 0 amide bonds. The van der Waals surface area contributed by atoms with Crippen LogP contribution < -0.4 is 10.2 Å². The van der Waals surface area contributed by atoms with Crippen molar-refractivity contribution in [3.8, 4) is 0 Å². The topological polar surface area (TPSA) is 58.6 Å². The zero-order valence-electron chi connectivity index (χ0n) is 20.7. The first-order valence-electron chi connectivity index (χ1n) is 12.0. The quantitative estimate of drug-likeness (QED) is 0.605. The van der Waals surface area contributed by atoms with Gasteiger partial charge < -0.3 is 15.0 Å². The van der Waals surface area contributed by atoms with E-state index < -0.39 is 5.92 Å². The molecule has 0 saturated heterocycles. The number of nitrogens with zero attached hydrogens (tertiary/aromatic N) is 1. The maximum absolute atomic E-state index is 13.6. The summed E-state index contributed by atoms with van der Waals surface area (Å²) in [6.07, 6.45) is 2.59. The second-order valence-corrected chi connectivity index (χ2v) is 9.91. The summed E-state index contributed by atoms with van der Waals surface area (Å²) >= 11 is 0. The Kier molecular flexibility index (Phi) is 6.92. The first-order chi connectivity index (χ1) is 16.3. The molecule has 3 unspecified atom stereocenters. The molecule has 2 aromatic carbocycles. The highest BCUT2D eigenvalue weighted by Gasteiger charge is 2.45. The lowest BCUT2D eigenvalue weighted by atomic mass is 9.68. The largest absolute Gasteiger partial charge is 0.462 e. The van der Waals surface area contributed by atoms with Crippen molar-refractivity contribution in [2.75, 3.05) is 25.6 Å². The predicted molar refractivity (Wildman–Crippen MR) is 136 cm³/mol. The number of anilines is 1. The van der Waals surface area contributed by atoms with Gasteiger partial charge in [0.1, 0.15) is 5.78 Å². The van der Waals surface area contributed by atoms with E-state index in [0.29, 0.717) is 18.6 Å². The van der Waals surface area contributed by atoms with Gasteiger partial charge in [-0.1, -0.05) is 62.4 Å². The molecule has 4 rings (SSSR count). The number of rotatable bonds is 6. The van der Waals surface area contributed by atoms with Gasteiger partial charge in [0.15, 0.2) is 0 Å². The Bertz CT molecular complexity index is 1110. The normalized spacial score (nSPS) is 22.1. The molecule has 1 heterocycles. The summed E-state index contributed by atoms with van der Waals surface area (Å²) in [5.74, 6) is -0.772. The third-order valence-electron chi connectivity index (χ3n) is 6.63. The van der Waals surface area contributed by atoms with E-state index >= 15 is 0 Å². The van der Waals surface area contributed by atoms with Crippen LogP contribution in [0.1, 0.15) is 50.2 Å². The Labute approximate surface area is 202 Å². The number of carbonyl (C=O) groups excluding carboxylic acids is 2. The van der Waals surface area contributed by atoms with E-state index in [1.807, 2.05) is 82.2 Å². The third kappa shape index (κ3) is 4.79. The lowest BCUT2D eigenvalue weighted by molar-refractivity contribution is -0.140. The average molecular weight is 459 g/mol. The standard InChI is InChI=1S/C29H34N2O3/c1-18(2)17-34-29(33)26-19(3)30-24-15-22(20-9-7-6-8-10-20)16-25(32)28(24)27(26)21-11-13-23(14-12-21)31(4)5/h6-15,18,22,27-28,30H,16-17H2,1-5H3.